The second-order valence-electron chi connectivity index (χ2n) is 18.0. The van der Waals surface area contributed by atoms with Crippen molar-refractivity contribution in [1.29, 1.82) is 5.26 Å². The summed E-state index contributed by atoms with van der Waals surface area (Å²) >= 11 is 12.3. The highest BCUT2D eigenvalue weighted by Gasteiger charge is 2.46. The number of sulfonamides is 1. The van der Waals surface area contributed by atoms with Gasteiger partial charge in [-0.1, -0.05) is 37.6 Å². The molecule has 3 aromatic carbocycles. The van der Waals surface area contributed by atoms with Crippen LogP contribution >= 0.6 is 23.2 Å². The number of carbonyl (C=O) groups is 4. The Kier molecular flexibility index (Phi) is 12.9. The molecule has 4 amide bonds. The predicted octanol–water partition coefficient (Wildman–Crippen LogP) is 4.70. The first-order valence-corrected chi connectivity index (χ1v) is 24.7. The number of carbonyl (C=O) groups excluding carboxylic acids is 4. The number of anilines is 2. The van der Waals surface area contributed by atoms with Gasteiger partial charge < -0.3 is 14.4 Å². The van der Waals surface area contributed by atoms with E-state index in [0.717, 1.165) is 47.9 Å². The largest absolute Gasteiger partial charge is 0.489 e. The molecule has 9 rings (SSSR count). The normalized spacial score (nSPS) is 20.0. The first kappa shape index (κ1) is 46.3. The van der Waals surface area contributed by atoms with Crippen molar-refractivity contribution >= 4 is 68.5 Å². The average Bonchev–Trinajstić information content (AvgIpc) is 3.52. The summed E-state index contributed by atoms with van der Waals surface area (Å²) in [6, 6.07) is 19.9. The maximum absolute atomic E-state index is 13.5. The molecular weight excluding hydrogens is 922 g/mol. The fourth-order valence-corrected chi connectivity index (χ4v) is 11.2. The van der Waals surface area contributed by atoms with E-state index in [9.17, 15) is 32.9 Å². The van der Waals surface area contributed by atoms with E-state index in [0.29, 0.717) is 65.8 Å². The van der Waals surface area contributed by atoms with Gasteiger partial charge >= 0.3 is 0 Å². The molecule has 0 spiro atoms. The zero-order valence-electron chi connectivity index (χ0n) is 36.9. The third kappa shape index (κ3) is 9.27. The molecule has 6 heterocycles. The summed E-state index contributed by atoms with van der Waals surface area (Å²) in [5.41, 5.74) is 3.50. The number of likely N-dealkylation sites (tertiary alicyclic amines) is 2. The van der Waals surface area contributed by atoms with Crippen LogP contribution < -0.4 is 24.4 Å². The summed E-state index contributed by atoms with van der Waals surface area (Å²) in [6.45, 7) is 9.02. The lowest BCUT2D eigenvalue weighted by Gasteiger charge is -2.55. The van der Waals surface area contributed by atoms with Gasteiger partial charge in [-0.15, -0.1) is 11.6 Å². The SMILES string of the molecule is CC(C)(c1ccc(OCc2ccnc(NS(=O)(=O)C3CCN(C4CN(C5CN(c6ccc7c(c6)C(=O)N(C6CCC(=O)NC6=O)C7=O)C5)C4)CC3)n2)cc1)c1cc(Cl)c(OCCCl)c(C#N)c1. The van der Waals surface area contributed by atoms with Crippen molar-refractivity contribution < 1.29 is 37.1 Å². The van der Waals surface area contributed by atoms with Crippen LogP contribution in [-0.4, -0.2) is 132 Å². The molecule has 5 aliphatic rings. The maximum Gasteiger partial charge on any atom is 0.262 e. The molecule has 1 unspecified atom stereocenters. The van der Waals surface area contributed by atoms with Crippen LogP contribution in [0.2, 0.25) is 5.02 Å². The second kappa shape index (κ2) is 18.7. The van der Waals surface area contributed by atoms with Crippen molar-refractivity contribution in [3.8, 4) is 17.6 Å². The highest BCUT2D eigenvalue weighted by molar-refractivity contribution is 7.93. The number of nitrogens with one attached hydrogen (secondary N) is 2. The first-order valence-electron chi connectivity index (χ1n) is 22.2. The number of imide groups is 2. The van der Waals surface area contributed by atoms with Gasteiger partial charge in [0, 0.05) is 62.0 Å². The Morgan fingerprint density at radius 3 is 2.30 bits per heavy atom. The van der Waals surface area contributed by atoms with Crippen molar-refractivity contribution in [2.45, 2.75) is 74.9 Å². The van der Waals surface area contributed by atoms with Gasteiger partial charge in [0.1, 0.15) is 31.1 Å². The molecule has 4 saturated heterocycles. The monoisotopic (exact) mass is 969 g/mol. The molecule has 4 fully saturated rings. The quantitative estimate of drug-likeness (QED) is 0.122. The standard InChI is InChI=1S/C47H49Cl2N9O8S/c1-47(2,30-19-28(22-50)42(39(49)20-30)65-18-14-48)29-3-6-35(7-4-29)66-27-31-11-15-51-46(52-31)54-67(63,64)36-12-16-55(17-13-36)33-23-57(24-33)34-25-56(26-34)32-5-8-37-38(21-32)45(62)58(44(37)61)40-9-10-41(59)53-43(40)60/h3-8,11,15,19-21,33-34,36,40H,9-10,12-14,16-18,23-27H2,1-2H3,(H,51,52,54)(H,53,59,60). The van der Waals surface area contributed by atoms with Crippen molar-refractivity contribution in [3.05, 3.63) is 105 Å². The Morgan fingerprint density at radius 1 is 0.881 bits per heavy atom. The number of hydrogen-bond donors (Lipinski definition) is 2. The summed E-state index contributed by atoms with van der Waals surface area (Å²) < 4.78 is 41.3. The third-order valence-electron chi connectivity index (χ3n) is 13.6. The van der Waals surface area contributed by atoms with E-state index >= 15 is 0 Å². The Labute approximate surface area is 398 Å². The lowest BCUT2D eigenvalue weighted by molar-refractivity contribution is -0.136. The Bertz CT molecular complexity index is 2770. The van der Waals surface area contributed by atoms with Crippen molar-refractivity contribution in [2.24, 2.45) is 0 Å². The minimum Gasteiger partial charge on any atom is -0.489 e. The van der Waals surface area contributed by atoms with Gasteiger partial charge in [-0.3, -0.25) is 43.9 Å². The molecule has 5 aliphatic heterocycles. The summed E-state index contributed by atoms with van der Waals surface area (Å²) in [5, 5.41) is 11.7. The smallest absolute Gasteiger partial charge is 0.262 e. The van der Waals surface area contributed by atoms with Crippen molar-refractivity contribution in [3.63, 3.8) is 0 Å². The van der Waals surface area contributed by atoms with Crippen molar-refractivity contribution in [2.75, 3.05) is 61.4 Å². The molecule has 17 nitrogen and oxygen atoms in total. The number of piperidine rings is 2. The summed E-state index contributed by atoms with van der Waals surface area (Å²) in [7, 11) is -3.76. The predicted molar refractivity (Wildman–Crippen MR) is 249 cm³/mol. The van der Waals surface area contributed by atoms with Gasteiger partial charge in [-0.05, 0) is 92.0 Å². The summed E-state index contributed by atoms with van der Waals surface area (Å²) in [5.74, 6) is -0.912. The van der Waals surface area contributed by atoms with Crippen LogP contribution in [0.3, 0.4) is 0 Å². The molecule has 1 aromatic heterocycles. The number of ether oxygens (including phenoxy) is 2. The van der Waals surface area contributed by atoms with Gasteiger partial charge in [0.25, 0.3) is 11.8 Å². The molecule has 2 N–H and O–H groups in total. The van der Waals surface area contributed by atoms with Gasteiger partial charge in [-0.25, -0.2) is 18.4 Å². The van der Waals surface area contributed by atoms with E-state index in [2.05, 4.69) is 40.8 Å². The van der Waals surface area contributed by atoms with E-state index in [4.69, 9.17) is 32.7 Å². The zero-order valence-corrected chi connectivity index (χ0v) is 39.2. The van der Waals surface area contributed by atoms with Crippen molar-refractivity contribution in [1.82, 2.24) is 30.0 Å². The number of alkyl halides is 1. The number of rotatable bonds is 15. The minimum atomic E-state index is -3.76. The van der Waals surface area contributed by atoms with E-state index in [1.54, 1.807) is 30.3 Å². The van der Waals surface area contributed by atoms with E-state index in [1.807, 2.05) is 44.2 Å². The van der Waals surface area contributed by atoms with Crippen LogP contribution in [0.5, 0.6) is 11.5 Å². The topological polar surface area (TPSA) is 207 Å². The number of nitriles is 1. The third-order valence-corrected chi connectivity index (χ3v) is 15.9. The van der Waals surface area contributed by atoms with Gasteiger partial charge in [0.15, 0.2) is 5.75 Å². The van der Waals surface area contributed by atoms with Crippen LogP contribution in [-0.2, 0) is 31.6 Å². The molecular formula is C47H49Cl2N9O8S. The van der Waals surface area contributed by atoms with Gasteiger partial charge in [0.05, 0.1) is 38.5 Å². The Balaban J connectivity index is 0.715. The van der Waals surface area contributed by atoms with E-state index in [-0.39, 0.29) is 49.0 Å². The molecule has 0 aliphatic carbocycles. The molecule has 20 heteroatoms. The first-order chi connectivity index (χ1) is 32.1. The van der Waals surface area contributed by atoms with Crippen LogP contribution in [0.4, 0.5) is 11.6 Å². The molecule has 350 valence electrons. The van der Waals surface area contributed by atoms with Crippen LogP contribution in [0.15, 0.2) is 66.9 Å². The summed E-state index contributed by atoms with van der Waals surface area (Å²) in [6.07, 6.45) is 2.65. The van der Waals surface area contributed by atoms with E-state index in [1.165, 1.54) is 6.20 Å². The highest BCUT2D eigenvalue weighted by Crippen LogP contribution is 2.39. The van der Waals surface area contributed by atoms with Gasteiger partial charge in [0.2, 0.25) is 27.8 Å². The zero-order chi connectivity index (χ0) is 47.2. The fraction of sp³-hybridized carbons (Fsp3) is 0.426. The van der Waals surface area contributed by atoms with Crippen LogP contribution in [0.25, 0.3) is 0 Å². The number of amides is 4. The second-order valence-corrected chi connectivity index (χ2v) is 20.8. The Hall–Kier alpha value is -5.84. The number of aromatic nitrogens is 2. The van der Waals surface area contributed by atoms with Crippen LogP contribution in [0.1, 0.15) is 82.6 Å². The molecule has 0 radical (unpaired) electrons. The Morgan fingerprint density at radius 2 is 1.60 bits per heavy atom. The minimum absolute atomic E-state index is 0.00606. The number of nitrogens with zero attached hydrogens (tertiary/aromatic N) is 7. The van der Waals surface area contributed by atoms with Crippen LogP contribution in [0, 0.1) is 11.3 Å². The number of hydrogen-bond acceptors (Lipinski definition) is 14. The maximum atomic E-state index is 13.5. The molecule has 67 heavy (non-hydrogen) atoms. The molecule has 1 atom stereocenters. The molecule has 0 saturated carbocycles. The number of halogens is 2. The lowest BCUT2D eigenvalue weighted by atomic mass is 9.77. The number of fused-ring (bicyclic) bond motifs is 1. The molecule has 0 bridgehead atoms. The average molecular weight is 971 g/mol. The number of benzene rings is 3. The van der Waals surface area contributed by atoms with E-state index < -0.39 is 50.4 Å². The summed E-state index contributed by atoms with van der Waals surface area (Å²) in [4.78, 5) is 67.0. The molecule has 4 aromatic rings. The lowest BCUT2D eigenvalue weighted by Crippen LogP contribution is -2.70. The van der Waals surface area contributed by atoms with Gasteiger partial charge in [-0.2, -0.15) is 5.26 Å². The fourth-order valence-electron chi connectivity index (χ4n) is 9.47. The highest BCUT2D eigenvalue weighted by atomic mass is 35.5.